The van der Waals surface area contributed by atoms with Crippen LogP contribution in [0.25, 0.3) is 11.2 Å². The summed E-state index contributed by atoms with van der Waals surface area (Å²) in [5.41, 5.74) is -0.401. The van der Waals surface area contributed by atoms with E-state index in [-0.39, 0.29) is 12.5 Å². The second kappa shape index (κ2) is 7.86. The average molecular weight is 362 g/mol. The highest BCUT2D eigenvalue weighted by molar-refractivity contribution is 5.76. The van der Waals surface area contributed by atoms with Crippen molar-refractivity contribution in [2.45, 2.75) is 32.2 Å². The second-order valence-electron chi connectivity index (χ2n) is 6.87. The molecule has 2 aromatic rings. The molecule has 9 heteroatoms. The van der Waals surface area contributed by atoms with Crippen molar-refractivity contribution in [3.05, 3.63) is 27.2 Å². The summed E-state index contributed by atoms with van der Waals surface area (Å²) in [4.78, 5) is 43.6. The highest BCUT2D eigenvalue weighted by Gasteiger charge is 2.17. The van der Waals surface area contributed by atoms with Crippen LogP contribution in [0.4, 0.5) is 0 Å². The summed E-state index contributed by atoms with van der Waals surface area (Å²) < 4.78 is 3.81. The molecule has 2 aromatic heterocycles. The molecule has 9 nitrogen and oxygen atoms in total. The topological polar surface area (TPSA) is 94.2 Å². The Bertz CT molecular complexity index is 904. The van der Waals surface area contributed by atoms with Crippen LogP contribution in [0.5, 0.6) is 0 Å². The van der Waals surface area contributed by atoms with Gasteiger partial charge in [-0.1, -0.05) is 6.42 Å². The molecule has 142 valence electrons. The Hall–Kier alpha value is -2.42. The van der Waals surface area contributed by atoms with E-state index in [0.717, 1.165) is 30.6 Å². The summed E-state index contributed by atoms with van der Waals surface area (Å²) in [6.07, 6.45) is 6.14. The van der Waals surface area contributed by atoms with E-state index in [9.17, 15) is 14.4 Å². The molecule has 1 aliphatic rings. The van der Waals surface area contributed by atoms with Crippen LogP contribution in [0.15, 0.2) is 15.9 Å². The first-order valence-corrected chi connectivity index (χ1v) is 9.09. The van der Waals surface area contributed by atoms with Gasteiger partial charge in [0.2, 0.25) is 5.91 Å². The number of likely N-dealkylation sites (tertiary alicyclic amines) is 1. The molecule has 1 fully saturated rings. The van der Waals surface area contributed by atoms with Crippen LogP contribution in [0.2, 0.25) is 0 Å². The van der Waals surface area contributed by atoms with Crippen molar-refractivity contribution in [1.82, 2.24) is 28.9 Å². The number of piperidine rings is 1. The Morgan fingerprint density at radius 2 is 1.92 bits per heavy atom. The molecular weight excluding hydrogens is 336 g/mol. The van der Waals surface area contributed by atoms with Gasteiger partial charge < -0.3 is 14.8 Å². The summed E-state index contributed by atoms with van der Waals surface area (Å²) in [5.74, 6) is -0.329. The summed E-state index contributed by atoms with van der Waals surface area (Å²) in [5, 5.41) is 2.81. The predicted molar refractivity (Wildman–Crippen MR) is 98.1 cm³/mol. The van der Waals surface area contributed by atoms with E-state index in [4.69, 9.17) is 0 Å². The SMILES string of the molecule is Cn1cnc2c1c(=O)n(CC(=O)NCCCN1CCCCC1)c(=O)n2C. The maximum atomic E-state index is 12.6. The van der Waals surface area contributed by atoms with Gasteiger partial charge in [-0.3, -0.25) is 14.2 Å². The zero-order valence-electron chi connectivity index (χ0n) is 15.4. The molecule has 3 heterocycles. The lowest BCUT2D eigenvalue weighted by Crippen LogP contribution is -2.44. The molecule has 26 heavy (non-hydrogen) atoms. The fourth-order valence-electron chi connectivity index (χ4n) is 3.45. The summed E-state index contributed by atoms with van der Waals surface area (Å²) in [6.45, 7) is 3.48. The molecule has 1 N–H and O–H groups in total. The largest absolute Gasteiger partial charge is 0.354 e. The minimum atomic E-state index is -0.537. The summed E-state index contributed by atoms with van der Waals surface area (Å²) in [6, 6.07) is 0. The molecule has 1 saturated heterocycles. The predicted octanol–water partition coefficient (Wildman–Crippen LogP) is -0.574. The zero-order chi connectivity index (χ0) is 18.7. The Morgan fingerprint density at radius 3 is 2.65 bits per heavy atom. The standard InChI is InChI=1S/C17H26N6O3/c1-20-12-19-15-14(20)16(25)23(17(26)21(15)2)11-13(24)18-7-6-10-22-8-4-3-5-9-22/h12H,3-11H2,1-2H3,(H,18,24). The van der Waals surface area contributed by atoms with Crippen LogP contribution < -0.4 is 16.6 Å². The van der Waals surface area contributed by atoms with E-state index >= 15 is 0 Å². The number of nitrogens with one attached hydrogen (secondary N) is 1. The Morgan fingerprint density at radius 1 is 1.19 bits per heavy atom. The smallest absolute Gasteiger partial charge is 0.332 e. The highest BCUT2D eigenvalue weighted by atomic mass is 16.2. The fraction of sp³-hybridized carbons (Fsp3) is 0.647. The lowest BCUT2D eigenvalue weighted by molar-refractivity contribution is -0.121. The fourth-order valence-corrected chi connectivity index (χ4v) is 3.45. The molecule has 0 radical (unpaired) electrons. The van der Waals surface area contributed by atoms with E-state index in [1.54, 1.807) is 18.7 Å². The third kappa shape index (κ3) is 3.72. The molecular formula is C17H26N6O3. The van der Waals surface area contributed by atoms with Gasteiger partial charge in [0, 0.05) is 20.6 Å². The molecule has 0 atom stereocenters. The first-order chi connectivity index (χ1) is 12.5. The summed E-state index contributed by atoms with van der Waals surface area (Å²) in [7, 11) is 3.23. The molecule has 3 rings (SSSR count). The van der Waals surface area contributed by atoms with E-state index in [1.807, 2.05) is 0 Å². The average Bonchev–Trinajstić information content (AvgIpc) is 3.03. The van der Waals surface area contributed by atoms with Gasteiger partial charge >= 0.3 is 5.69 Å². The van der Waals surface area contributed by atoms with E-state index in [2.05, 4.69) is 15.2 Å². The van der Waals surface area contributed by atoms with Crippen molar-refractivity contribution >= 4 is 17.1 Å². The third-order valence-corrected chi connectivity index (χ3v) is 4.92. The number of rotatable bonds is 6. The van der Waals surface area contributed by atoms with E-state index in [0.29, 0.717) is 17.7 Å². The van der Waals surface area contributed by atoms with Crippen molar-refractivity contribution in [2.24, 2.45) is 14.1 Å². The number of amides is 1. The number of aryl methyl sites for hydroxylation is 2. The van der Waals surface area contributed by atoms with Crippen LogP contribution in [0, 0.1) is 0 Å². The molecule has 0 spiro atoms. The third-order valence-electron chi connectivity index (χ3n) is 4.92. The van der Waals surface area contributed by atoms with Crippen LogP contribution in [-0.4, -0.2) is 55.7 Å². The van der Waals surface area contributed by atoms with Crippen LogP contribution in [-0.2, 0) is 25.4 Å². The lowest BCUT2D eigenvalue weighted by atomic mass is 10.1. The molecule has 1 aliphatic heterocycles. The number of aromatic nitrogens is 4. The highest BCUT2D eigenvalue weighted by Crippen LogP contribution is 2.08. The number of hydrogen-bond donors (Lipinski definition) is 1. The molecule has 1 amide bonds. The van der Waals surface area contributed by atoms with E-state index < -0.39 is 11.2 Å². The van der Waals surface area contributed by atoms with Crippen molar-refractivity contribution in [1.29, 1.82) is 0 Å². The molecule has 0 bridgehead atoms. The van der Waals surface area contributed by atoms with Gasteiger partial charge in [0.15, 0.2) is 11.2 Å². The van der Waals surface area contributed by atoms with Crippen molar-refractivity contribution in [3.63, 3.8) is 0 Å². The zero-order valence-corrected chi connectivity index (χ0v) is 15.4. The van der Waals surface area contributed by atoms with Gasteiger partial charge in [-0.05, 0) is 38.9 Å². The monoisotopic (exact) mass is 362 g/mol. The van der Waals surface area contributed by atoms with Gasteiger partial charge in [-0.25, -0.2) is 14.3 Å². The van der Waals surface area contributed by atoms with Gasteiger partial charge in [-0.15, -0.1) is 0 Å². The number of hydrogen-bond acceptors (Lipinski definition) is 5. The first kappa shape index (κ1) is 18.4. The number of carbonyl (C=O) groups is 1. The minimum Gasteiger partial charge on any atom is -0.354 e. The maximum Gasteiger partial charge on any atom is 0.332 e. The van der Waals surface area contributed by atoms with Gasteiger partial charge in [0.1, 0.15) is 6.54 Å². The van der Waals surface area contributed by atoms with Crippen LogP contribution in [0.3, 0.4) is 0 Å². The Balaban J connectivity index is 1.61. The second-order valence-corrected chi connectivity index (χ2v) is 6.87. The van der Waals surface area contributed by atoms with Gasteiger partial charge in [0.05, 0.1) is 6.33 Å². The number of carbonyl (C=O) groups excluding carboxylic acids is 1. The van der Waals surface area contributed by atoms with Crippen molar-refractivity contribution in [2.75, 3.05) is 26.2 Å². The van der Waals surface area contributed by atoms with Gasteiger partial charge in [-0.2, -0.15) is 0 Å². The van der Waals surface area contributed by atoms with Crippen molar-refractivity contribution in [3.8, 4) is 0 Å². The number of nitrogens with zero attached hydrogens (tertiary/aromatic N) is 5. The van der Waals surface area contributed by atoms with Crippen LogP contribution >= 0.6 is 0 Å². The van der Waals surface area contributed by atoms with Crippen LogP contribution in [0.1, 0.15) is 25.7 Å². The Labute approximate surface area is 151 Å². The number of fused-ring (bicyclic) bond motifs is 1. The molecule has 0 aromatic carbocycles. The van der Waals surface area contributed by atoms with Gasteiger partial charge in [0.25, 0.3) is 5.56 Å². The lowest BCUT2D eigenvalue weighted by Gasteiger charge is -2.26. The minimum absolute atomic E-state index is 0.281. The number of imidazole rings is 1. The van der Waals surface area contributed by atoms with Crippen molar-refractivity contribution < 1.29 is 4.79 Å². The summed E-state index contributed by atoms with van der Waals surface area (Å²) >= 11 is 0. The molecule has 0 unspecified atom stereocenters. The Kier molecular flexibility index (Phi) is 5.55. The normalized spacial score (nSPS) is 15.5. The first-order valence-electron chi connectivity index (χ1n) is 9.09. The maximum absolute atomic E-state index is 12.6. The van der Waals surface area contributed by atoms with E-state index in [1.165, 1.54) is 30.2 Å². The molecule has 0 saturated carbocycles. The molecule has 0 aliphatic carbocycles. The quantitative estimate of drug-likeness (QED) is 0.695.